The molecule has 0 aromatic heterocycles. The van der Waals surface area contributed by atoms with Gasteiger partial charge in [-0.1, -0.05) is 29.3 Å². The lowest BCUT2D eigenvalue weighted by Crippen LogP contribution is -2.40. The summed E-state index contributed by atoms with van der Waals surface area (Å²) in [7, 11) is 0. The van der Waals surface area contributed by atoms with Crippen molar-refractivity contribution in [2.75, 3.05) is 18.4 Å². The number of hydrogen-bond acceptors (Lipinski definition) is 1. The summed E-state index contributed by atoms with van der Waals surface area (Å²) >= 11 is 3.50. The van der Waals surface area contributed by atoms with Gasteiger partial charge in [0.2, 0.25) is 5.91 Å². The highest BCUT2D eigenvalue weighted by Crippen LogP contribution is 2.19. The van der Waals surface area contributed by atoms with E-state index in [1.165, 1.54) is 12.8 Å². The highest BCUT2D eigenvalue weighted by atomic mass is 79.9. The van der Waals surface area contributed by atoms with Gasteiger partial charge in [0, 0.05) is 24.8 Å². The van der Waals surface area contributed by atoms with E-state index in [9.17, 15) is 4.79 Å². The van der Waals surface area contributed by atoms with Gasteiger partial charge in [0.1, 0.15) is 0 Å². The molecule has 1 atom stereocenters. The molecule has 1 rings (SSSR count). The zero-order valence-electron chi connectivity index (χ0n) is 8.97. The summed E-state index contributed by atoms with van der Waals surface area (Å²) < 4.78 is 0. The monoisotopic (exact) mass is 261 g/mol. The second-order valence-electron chi connectivity index (χ2n) is 4.11. The van der Waals surface area contributed by atoms with Gasteiger partial charge in [-0.3, -0.25) is 4.79 Å². The van der Waals surface area contributed by atoms with E-state index in [0.29, 0.717) is 11.8 Å². The maximum Gasteiger partial charge on any atom is 0.222 e. The standard InChI is InChI=1S/C11H20BrNO/c1-2-3-6-11(14)13-7-4-5-10(8-12)9-13/h10H,2-9H2,1H3. The molecule has 1 saturated heterocycles. The molecule has 0 radical (unpaired) electrons. The molecule has 0 N–H and O–H groups in total. The lowest BCUT2D eigenvalue weighted by Gasteiger charge is -2.32. The molecule has 0 aromatic rings. The van der Waals surface area contributed by atoms with E-state index in [1.54, 1.807) is 0 Å². The van der Waals surface area contributed by atoms with Crippen molar-refractivity contribution in [3.8, 4) is 0 Å². The number of hydrogen-bond donors (Lipinski definition) is 0. The van der Waals surface area contributed by atoms with Crippen LogP contribution in [0.4, 0.5) is 0 Å². The van der Waals surface area contributed by atoms with E-state index in [-0.39, 0.29) is 0 Å². The number of nitrogens with zero attached hydrogens (tertiary/aromatic N) is 1. The van der Waals surface area contributed by atoms with Gasteiger partial charge in [0.25, 0.3) is 0 Å². The molecule has 14 heavy (non-hydrogen) atoms. The first-order valence-electron chi connectivity index (χ1n) is 5.61. The first-order chi connectivity index (χ1) is 6.77. The molecule has 1 aliphatic heterocycles. The smallest absolute Gasteiger partial charge is 0.222 e. The first kappa shape index (κ1) is 12.0. The Morgan fingerprint density at radius 2 is 2.36 bits per heavy atom. The van der Waals surface area contributed by atoms with Crippen molar-refractivity contribution in [2.24, 2.45) is 5.92 Å². The van der Waals surface area contributed by atoms with Crippen LogP contribution >= 0.6 is 15.9 Å². The molecule has 1 unspecified atom stereocenters. The molecule has 1 fully saturated rings. The normalized spacial score (nSPS) is 22.4. The Kier molecular flexibility index (Phi) is 5.53. The Hall–Kier alpha value is -0.0500. The molecular formula is C11H20BrNO. The molecule has 3 heteroatoms. The molecular weight excluding hydrogens is 242 g/mol. The second kappa shape index (κ2) is 6.44. The maximum atomic E-state index is 11.7. The van der Waals surface area contributed by atoms with Gasteiger partial charge in [-0.25, -0.2) is 0 Å². The molecule has 0 saturated carbocycles. The van der Waals surface area contributed by atoms with E-state index in [1.807, 2.05) is 4.90 Å². The Balaban J connectivity index is 2.31. The number of carbonyl (C=O) groups excluding carboxylic acids is 1. The summed E-state index contributed by atoms with van der Waals surface area (Å²) in [4.78, 5) is 13.8. The summed E-state index contributed by atoms with van der Waals surface area (Å²) in [6.45, 7) is 4.07. The minimum Gasteiger partial charge on any atom is -0.342 e. The van der Waals surface area contributed by atoms with Crippen molar-refractivity contribution in [1.29, 1.82) is 0 Å². The third-order valence-electron chi connectivity index (χ3n) is 2.83. The van der Waals surface area contributed by atoms with Crippen molar-refractivity contribution in [3.63, 3.8) is 0 Å². The van der Waals surface area contributed by atoms with Crippen LogP contribution in [0.25, 0.3) is 0 Å². The quantitative estimate of drug-likeness (QED) is 0.713. The number of piperidine rings is 1. The van der Waals surface area contributed by atoms with Gasteiger partial charge in [0.05, 0.1) is 0 Å². The van der Waals surface area contributed by atoms with Crippen LogP contribution in [0.15, 0.2) is 0 Å². The summed E-state index contributed by atoms with van der Waals surface area (Å²) in [6.07, 6.45) is 5.33. The fourth-order valence-corrected chi connectivity index (χ4v) is 2.43. The Morgan fingerprint density at radius 3 is 3.00 bits per heavy atom. The first-order valence-corrected chi connectivity index (χ1v) is 6.73. The predicted octanol–water partition coefficient (Wildman–Crippen LogP) is 2.81. The zero-order chi connectivity index (χ0) is 10.4. The van der Waals surface area contributed by atoms with Crippen LogP contribution in [-0.4, -0.2) is 29.2 Å². The van der Waals surface area contributed by atoms with Crippen molar-refractivity contribution in [1.82, 2.24) is 4.90 Å². The van der Waals surface area contributed by atoms with Crippen molar-refractivity contribution >= 4 is 21.8 Å². The van der Waals surface area contributed by atoms with E-state index in [4.69, 9.17) is 0 Å². The molecule has 0 aromatic carbocycles. The number of unbranched alkanes of at least 4 members (excludes halogenated alkanes) is 1. The van der Waals surface area contributed by atoms with Crippen LogP contribution in [0, 0.1) is 5.92 Å². The minimum atomic E-state index is 0.359. The third-order valence-corrected chi connectivity index (χ3v) is 3.75. The van der Waals surface area contributed by atoms with E-state index < -0.39 is 0 Å². The Labute approximate surface area is 95.2 Å². The van der Waals surface area contributed by atoms with Crippen molar-refractivity contribution in [2.45, 2.75) is 39.0 Å². The summed E-state index contributed by atoms with van der Waals surface area (Å²) in [6, 6.07) is 0. The minimum absolute atomic E-state index is 0.359. The molecule has 0 spiro atoms. The van der Waals surface area contributed by atoms with Crippen LogP contribution in [-0.2, 0) is 4.79 Å². The fraction of sp³-hybridized carbons (Fsp3) is 0.909. The van der Waals surface area contributed by atoms with E-state index >= 15 is 0 Å². The van der Waals surface area contributed by atoms with Crippen LogP contribution in [0.3, 0.4) is 0 Å². The molecule has 1 aliphatic rings. The average molecular weight is 262 g/mol. The predicted molar refractivity (Wildman–Crippen MR) is 62.6 cm³/mol. The van der Waals surface area contributed by atoms with E-state index in [0.717, 1.165) is 37.7 Å². The molecule has 0 bridgehead atoms. The summed E-state index contributed by atoms with van der Waals surface area (Å²) in [5.41, 5.74) is 0. The van der Waals surface area contributed by atoms with Crippen LogP contribution < -0.4 is 0 Å². The fourth-order valence-electron chi connectivity index (χ4n) is 1.90. The molecule has 82 valence electrons. The number of halogens is 1. The number of likely N-dealkylation sites (tertiary alicyclic amines) is 1. The highest BCUT2D eigenvalue weighted by Gasteiger charge is 2.21. The van der Waals surface area contributed by atoms with Crippen molar-refractivity contribution < 1.29 is 4.79 Å². The van der Waals surface area contributed by atoms with E-state index in [2.05, 4.69) is 22.9 Å². The number of alkyl halides is 1. The second-order valence-corrected chi connectivity index (χ2v) is 4.75. The van der Waals surface area contributed by atoms with Gasteiger partial charge in [-0.15, -0.1) is 0 Å². The summed E-state index contributed by atoms with van der Waals surface area (Å²) in [5, 5.41) is 1.03. The van der Waals surface area contributed by atoms with Gasteiger partial charge in [0.15, 0.2) is 0 Å². The third kappa shape index (κ3) is 3.60. The lowest BCUT2D eigenvalue weighted by molar-refractivity contribution is -0.132. The lowest BCUT2D eigenvalue weighted by atomic mass is 10.00. The zero-order valence-corrected chi connectivity index (χ0v) is 10.6. The van der Waals surface area contributed by atoms with Crippen LogP contribution in [0.5, 0.6) is 0 Å². The van der Waals surface area contributed by atoms with Crippen LogP contribution in [0.2, 0.25) is 0 Å². The van der Waals surface area contributed by atoms with Crippen LogP contribution in [0.1, 0.15) is 39.0 Å². The topological polar surface area (TPSA) is 20.3 Å². The SMILES string of the molecule is CCCCC(=O)N1CCCC(CBr)C1. The Morgan fingerprint density at radius 1 is 1.57 bits per heavy atom. The average Bonchev–Trinajstić information content (AvgIpc) is 2.26. The van der Waals surface area contributed by atoms with Gasteiger partial charge in [-0.2, -0.15) is 0 Å². The molecule has 1 amide bonds. The molecule has 2 nitrogen and oxygen atoms in total. The molecule has 0 aliphatic carbocycles. The van der Waals surface area contributed by atoms with Gasteiger partial charge >= 0.3 is 0 Å². The van der Waals surface area contributed by atoms with Gasteiger partial charge in [-0.05, 0) is 25.2 Å². The maximum absolute atomic E-state index is 11.7. The highest BCUT2D eigenvalue weighted by molar-refractivity contribution is 9.09. The summed E-state index contributed by atoms with van der Waals surface area (Å²) in [5.74, 6) is 1.03. The van der Waals surface area contributed by atoms with Crippen molar-refractivity contribution in [3.05, 3.63) is 0 Å². The van der Waals surface area contributed by atoms with Gasteiger partial charge < -0.3 is 4.90 Å². The largest absolute Gasteiger partial charge is 0.342 e. The molecule has 1 heterocycles. The number of carbonyl (C=O) groups is 1. The Bertz CT molecular complexity index is 184. The number of rotatable bonds is 4. The number of amides is 1.